The Bertz CT molecular complexity index is 1270. The average molecular weight is 564 g/mol. The quantitative estimate of drug-likeness (QED) is 0.313. The van der Waals surface area contributed by atoms with Crippen LogP contribution in [-0.2, 0) is 4.79 Å². The van der Waals surface area contributed by atoms with Crippen LogP contribution in [0.2, 0.25) is 5.02 Å². The number of aryl methyl sites for hydroxylation is 1. The molecule has 3 aromatic rings. The zero-order valence-electron chi connectivity index (χ0n) is 24.4. The van der Waals surface area contributed by atoms with Gasteiger partial charge in [0, 0.05) is 23.6 Å². The summed E-state index contributed by atoms with van der Waals surface area (Å²) in [5.41, 5.74) is 3.86. The summed E-state index contributed by atoms with van der Waals surface area (Å²) in [6.45, 7) is 4.23. The summed E-state index contributed by atoms with van der Waals surface area (Å²) in [6, 6.07) is 9.73. The van der Waals surface area contributed by atoms with Gasteiger partial charge in [0.15, 0.2) is 11.5 Å². The highest BCUT2D eigenvalue weighted by Crippen LogP contribution is 2.44. The van der Waals surface area contributed by atoms with Crippen molar-refractivity contribution in [1.29, 1.82) is 0 Å². The van der Waals surface area contributed by atoms with Crippen molar-refractivity contribution in [2.24, 2.45) is 11.8 Å². The van der Waals surface area contributed by atoms with E-state index in [-0.39, 0.29) is 5.92 Å². The Morgan fingerprint density at radius 1 is 0.950 bits per heavy atom. The van der Waals surface area contributed by atoms with Gasteiger partial charge in [-0.15, -0.1) is 5.10 Å². The molecule has 0 spiro atoms. The van der Waals surface area contributed by atoms with Crippen LogP contribution in [0.4, 0.5) is 0 Å². The normalized spacial score (nSPS) is 23.9. The number of carbonyl (C=O) groups is 1. The largest absolute Gasteiger partial charge is 0.336 e. The van der Waals surface area contributed by atoms with Gasteiger partial charge in [-0.3, -0.25) is 9.89 Å². The monoisotopic (exact) mass is 563 g/mol. The van der Waals surface area contributed by atoms with E-state index >= 15 is 0 Å². The number of H-pyrrole nitrogens is 1. The minimum Gasteiger partial charge on any atom is -0.336 e. The van der Waals surface area contributed by atoms with Gasteiger partial charge >= 0.3 is 0 Å². The molecule has 3 aliphatic carbocycles. The molecule has 3 unspecified atom stereocenters. The first kappa shape index (κ1) is 27.8. The molecule has 40 heavy (non-hydrogen) atoms. The maximum Gasteiger partial charge on any atom is 0.226 e. The van der Waals surface area contributed by atoms with E-state index in [1.54, 1.807) is 4.63 Å². The number of carbonyl (C=O) groups excluding carboxylic acids is 1. The first-order valence-corrected chi connectivity index (χ1v) is 16.5. The minimum absolute atomic E-state index is 0.156. The van der Waals surface area contributed by atoms with Gasteiger partial charge in [-0.1, -0.05) is 94.2 Å². The number of hydrogen-bond acceptors (Lipinski definition) is 3. The fourth-order valence-electron chi connectivity index (χ4n) is 8.21. The third-order valence-electron chi connectivity index (χ3n) is 10.3. The van der Waals surface area contributed by atoms with E-state index in [2.05, 4.69) is 51.3 Å². The van der Waals surface area contributed by atoms with Gasteiger partial charge in [0.05, 0.1) is 5.69 Å². The molecule has 3 saturated carbocycles. The highest BCUT2D eigenvalue weighted by Gasteiger charge is 2.42. The Balaban J connectivity index is 1.24. The van der Waals surface area contributed by atoms with E-state index in [0.717, 1.165) is 30.5 Å². The predicted molar refractivity (Wildman–Crippen MR) is 162 cm³/mol. The topological polar surface area (TPSA) is 66.3 Å². The van der Waals surface area contributed by atoms with E-state index in [1.807, 2.05) is 6.92 Å². The highest BCUT2D eigenvalue weighted by molar-refractivity contribution is 6.34. The highest BCUT2D eigenvalue weighted by atomic mass is 35.5. The van der Waals surface area contributed by atoms with Gasteiger partial charge in [0.1, 0.15) is 5.02 Å². The summed E-state index contributed by atoms with van der Waals surface area (Å²) in [5.74, 6) is 2.14. The Morgan fingerprint density at radius 2 is 1.55 bits per heavy atom. The number of nitrogens with zero attached hydrogens (tertiary/aromatic N) is 4. The zero-order valence-corrected chi connectivity index (χ0v) is 25.1. The minimum atomic E-state index is 0.156. The molecule has 0 saturated heterocycles. The SMILES string of the molecule is CCC(c1ccc(-c2nc3c(Cl)c(C)[nH]n3n2)cc1)C1CCCCC1C(=O)N(C1CCCCC1)C1CCCCC1. The lowest BCUT2D eigenvalue weighted by Gasteiger charge is -2.46. The van der Waals surface area contributed by atoms with Gasteiger partial charge in [-0.2, -0.15) is 4.63 Å². The van der Waals surface area contributed by atoms with Crippen LogP contribution in [0.25, 0.3) is 17.0 Å². The molecule has 2 aromatic heterocycles. The first-order chi connectivity index (χ1) is 19.5. The molecule has 1 N–H and O–H groups in total. The lowest BCUT2D eigenvalue weighted by atomic mass is 9.68. The van der Waals surface area contributed by atoms with E-state index < -0.39 is 0 Å². The molecule has 0 aliphatic heterocycles. The van der Waals surface area contributed by atoms with E-state index in [9.17, 15) is 4.79 Å². The summed E-state index contributed by atoms with van der Waals surface area (Å²) >= 11 is 6.39. The second kappa shape index (κ2) is 12.3. The second-order valence-electron chi connectivity index (χ2n) is 12.7. The smallest absolute Gasteiger partial charge is 0.226 e. The van der Waals surface area contributed by atoms with Gasteiger partial charge in [0.2, 0.25) is 5.91 Å². The summed E-state index contributed by atoms with van der Waals surface area (Å²) in [7, 11) is 0. The maximum atomic E-state index is 14.6. The second-order valence-corrected chi connectivity index (χ2v) is 13.1. The fourth-order valence-corrected chi connectivity index (χ4v) is 8.38. The number of hydrogen-bond donors (Lipinski definition) is 1. The summed E-state index contributed by atoms with van der Waals surface area (Å²) in [6.07, 6.45) is 18.3. The molecule has 2 heterocycles. The number of rotatable bonds is 7. The summed E-state index contributed by atoms with van der Waals surface area (Å²) < 4.78 is 1.65. The van der Waals surface area contributed by atoms with Crippen LogP contribution in [0.15, 0.2) is 24.3 Å². The van der Waals surface area contributed by atoms with Crippen molar-refractivity contribution in [2.45, 2.75) is 128 Å². The van der Waals surface area contributed by atoms with Crippen molar-refractivity contribution in [3.63, 3.8) is 0 Å². The first-order valence-electron chi connectivity index (χ1n) is 16.1. The molecule has 3 atom stereocenters. The molecule has 0 radical (unpaired) electrons. The van der Waals surface area contributed by atoms with Crippen molar-refractivity contribution in [2.75, 3.05) is 0 Å². The molecular formula is C33H46ClN5O. The number of fused-ring (bicyclic) bond motifs is 1. The van der Waals surface area contributed by atoms with Crippen LogP contribution in [0, 0.1) is 18.8 Å². The van der Waals surface area contributed by atoms with Crippen molar-refractivity contribution in [3.8, 4) is 11.4 Å². The lowest BCUT2D eigenvalue weighted by molar-refractivity contribution is -0.146. The summed E-state index contributed by atoms with van der Waals surface area (Å²) in [4.78, 5) is 21.8. The van der Waals surface area contributed by atoms with Crippen molar-refractivity contribution >= 4 is 23.2 Å². The molecule has 1 amide bonds. The zero-order chi connectivity index (χ0) is 27.6. The van der Waals surface area contributed by atoms with Gasteiger partial charge < -0.3 is 4.90 Å². The average Bonchev–Trinajstić information content (AvgIpc) is 3.53. The molecule has 7 heteroatoms. The van der Waals surface area contributed by atoms with E-state index in [4.69, 9.17) is 11.6 Å². The van der Waals surface area contributed by atoms with Crippen LogP contribution >= 0.6 is 11.6 Å². The number of aromatic amines is 1. The Kier molecular flexibility index (Phi) is 8.53. The molecule has 216 valence electrons. The van der Waals surface area contributed by atoms with Crippen molar-refractivity contribution in [3.05, 3.63) is 40.5 Å². The molecule has 3 aliphatic rings. The third-order valence-corrected chi connectivity index (χ3v) is 10.7. The third kappa shape index (κ3) is 5.45. The number of benzene rings is 1. The van der Waals surface area contributed by atoms with E-state index in [1.165, 1.54) is 82.6 Å². The van der Waals surface area contributed by atoms with Crippen LogP contribution in [-0.4, -0.2) is 42.7 Å². The predicted octanol–water partition coefficient (Wildman–Crippen LogP) is 8.48. The van der Waals surface area contributed by atoms with Gasteiger partial charge in [-0.05, 0) is 69.3 Å². The van der Waals surface area contributed by atoms with Crippen molar-refractivity contribution in [1.82, 2.24) is 24.7 Å². The molecule has 1 aromatic carbocycles. The van der Waals surface area contributed by atoms with Crippen molar-refractivity contribution < 1.29 is 4.79 Å². The molecule has 0 bridgehead atoms. The fraction of sp³-hybridized carbons (Fsp3) is 0.667. The van der Waals surface area contributed by atoms with Gasteiger partial charge in [-0.25, -0.2) is 4.98 Å². The Labute approximate surface area is 244 Å². The number of aromatic nitrogens is 4. The molecule has 6 rings (SSSR count). The van der Waals surface area contributed by atoms with Crippen LogP contribution in [0.3, 0.4) is 0 Å². The molecule has 3 fully saturated rings. The molecule has 6 nitrogen and oxygen atoms in total. The summed E-state index contributed by atoms with van der Waals surface area (Å²) in [5, 5.41) is 8.37. The standard InChI is InChI=1S/C33H46ClN5O/c1-3-27(23-18-20-24(21-19-23)31-35-32-30(34)22(2)36-39(32)37-31)28-16-10-11-17-29(28)33(40)38(25-12-6-4-7-13-25)26-14-8-5-9-15-26/h18-21,25-29,36H,3-17H2,1-2H3. The van der Waals surface area contributed by atoms with E-state index in [0.29, 0.717) is 46.3 Å². The number of nitrogens with one attached hydrogen (secondary N) is 1. The number of halogens is 1. The Hall–Kier alpha value is -2.34. The Morgan fingerprint density at radius 3 is 2.15 bits per heavy atom. The van der Waals surface area contributed by atoms with Gasteiger partial charge in [0.25, 0.3) is 0 Å². The molecular weight excluding hydrogens is 518 g/mol. The lowest BCUT2D eigenvalue weighted by Crippen LogP contribution is -2.52. The van der Waals surface area contributed by atoms with Crippen LogP contribution < -0.4 is 0 Å². The van der Waals surface area contributed by atoms with Crippen LogP contribution in [0.1, 0.15) is 120 Å². The maximum absolute atomic E-state index is 14.6. The van der Waals surface area contributed by atoms with Crippen LogP contribution in [0.5, 0.6) is 0 Å². The number of amides is 1.